The van der Waals surface area contributed by atoms with Gasteiger partial charge in [-0.25, -0.2) is 0 Å². The van der Waals surface area contributed by atoms with Gasteiger partial charge in [0, 0.05) is 26.2 Å². The Hall–Kier alpha value is -1.89. The fourth-order valence-corrected chi connectivity index (χ4v) is 2.81. The molecule has 1 aliphatic heterocycles. The van der Waals surface area contributed by atoms with E-state index in [1.165, 1.54) is 6.33 Å². The van der Waals surface area contributed by atoms with Crippen molar-refractivity contribution in [1.29, 1.82) is 0 Å². The fraction of sp³-hybridized carbons (Fsp3) is 0.500. The van der Waals surface area contributed by atoms with Gasteiger partial charge in [-0.1, -0.05) is 11.6 Å². The summed E-state index contributed by atoms with van der Waals surface area (Å²) in [7, 11) is 1.66. The number of hydrogen-bond donors (Lipinski definition) is 1. The average Bonchev–Trinajstić information content (AvgIpc) is 3.04. The van der Waals surface area contributed by atoms with Crippen LogP contribution in [0.3, 0.4) is 0 Å². The predicted octanol–water partition coefficient (Wildman–Crippen LogP) is 0.740. The number of anilines is 1. The zero-order valence-electron chi connectivity index (χ0n) is 11.3. The highest BCUT2D eigenvalue weighted by molar-refractivity contribution is 6.29. The number of amides is 1. The summed E-state index contributed by atoms with van der Waals surface area (Å²) in [5.74, 6) is 1.32. The molecule has 3 rings (SSSR count). The van der Waals surface area contributed by atoms with E-state index in [1.807, 2.05) is 6.92 Å². The Kier molecular flexibility index (Phi) is 3.01. The second kappa shape index (κ2) is 4.59. The van der Waals surface area contributed by atoms with Gasteiger partial charge in [0.25, 0.3) is 5.78 Å². The molecule has 20 heavy (non-hydrogen) atoms. The van der Waals surface area contributed by atoms with Crippen LogP contribution < -0.4 is 10.2 Å². The van der Waals surface area contributed by atoms with Crippen LogP contribution in [0.2, 0.25) is 5.15 Å². The number of halogens is 1. The van der Waals surface area contributed by atoms with Gasteiger partial charge in [0.05, 0.1) is 5.41 Å². The van der Waals surface area contributed by atoms with Crippen LogP contribution in [0.5, 0.6) is 0 Å². The van der Waals surface area contributed by atoms with Crippen LogP contribution in [0, 0.1) is 5.41 Å². The van der Waals surface area contributed by atoms with Crippen LogP contribution in [-0.2, 0) is 4.79 Å². The summed E-state index contributed by atoms with van der Waals surface area (Å²) in [6.07, 6.45) is 2.22. The molecule has 1 aliphatic rings. The summed E-state index contributed by atoms with van der Waals surface area (Å²) in [5.41, 5.74) is -0.405. The lowest BCUT2D eigenvalue weighted by Crippen LogP contribution is -2.39. The highest BCUT2D eigenvalue weighted by atomic mass is 35.5. The number of carbonyl (C=O) groups excluding carboxylic acids is 1. The lowest BCUT2D eigenvalue weighted by molar-refractivity contribution is -0.128. The third kappa shape index (κ3) is 1.98. The number of carbonyl (C=O) groups is 1. The zero-order valence-corrected chi connectivity index (χ0v) is 12.1. The van der Waals surface area contributed by atoms with Crippen LogP contribution in [0.1, 0.15) is 13.3 Å². The Balaban J connectivity index is 1.97. The van der Waals surface area contributed by atoms with Crippen molar-refractivity contribution in [3.63, 3.8) is 0 Å². The second-order valence-corrected chi connectivity index (χ2v) is 5.61. The molecule has 0 radical (unpaired) electrons. The molecule has 0 spiro atoms. The number of fused-ring (bicyclic) bond motifs is 1. The molecular weight excluding hydrogens is 280 g/mol. The van der Waals surface area contributed by atoms with E-state index in [4.69, 9.17) is 11.6 Å². The first-order valence-corrected chi connectivity index (χ1v) is 6.75. The number of nitrogens with zero attached hydrogens (tertiary/aromatic N) is 5. The molecule has 3 heterocycles. The van der Waals surface area contributed by atoms with Crippen molar-refractivity contribution < 1.29 is 4.79 Å². The summed E-state index contributed by atoms with van der Waals surface area (Å²) in [6, 6.07) is 1.75. The molecule has 2 aromatic rings. The standard InChI is InChI=1S/C12H15ClN6O/c1-12(10(20)14-2)3-4-18(6-12)9-5-8(13)17-11-15-7-16-19(9)11/h5,7H,3-4,6H2,1-2H3,(H,14,20). The molecule has 0 aromatic carbocycles. The number of nitrogens with one attached hydrogen (secondary N) is 1. The summed E-state index contributed by atoms with van der Waals surface area (Å²) < 4.78 is 1.64. The van der Waals surface area contributed by atoms with Gasteiger partial charge in [-0.2, -0.15) is 19.6 Å². The largest absolute Gasteiger partial charge is 0.359 e. The van der Waals surface area contributed by atoms with Crippen molar-refractivity contribution in [2.24, 2.45) is 5.41 Å². The normalized spacial score (nSPS) is 22.4. The molecule has 0 bridgehead atoms. The zero-order chi connectivity index (χ0) is 14.3. The van der Waals surface area contributed by atoms with Crippen LogP contribution >= 0.6 is 11.6 Å². The molecular formula is C12H15ClN6O. The topological polar surface area (TPSA) is 75.4 Å². The predicted molar refractivity (Wildman–Crippen MR) is 74.8 cm³/mol. The highest BCUT2D eigenvalue weighted by Crippen LogP contribution is 2.33. The quantitative estimate of drug-likeness (QED) is 0.827. The highest BCUT2D eigenvalue weighted by Gasteiger charge is 2.40. The van der Waals surface area contributed by atoms with Gasteiger partial charge in [-0.3, -0.25) is 4.79 Å². The maximum absolute atomic E-state index is 12.0. The molecule has 1 N–H and O–H groups in total. The van der Waals surface area contributed by atoms with Gasteiger partial charge < -0.3 is 10.2 Å². The number of hydrogen-bond acceptors (Lipinski definition) is 5. The first-order valence-electron chi connectivity index (χ1n) is 6.37. The Labute approximate surface area is 121 Å². The number of aromatic nitrogens is 4. The van der Waals surface area contributed by atoms with E-state index in [0.717, 1.165) is 18.8 Å². The Morgan fingerprint density at radius 2 is 2.35 bits per heavy atom. The van der Waals surface area contributed by atoms with Crippen LogP contribution in [0.4, 0.5) is 5.82 Å². The minimum Gasteiger partial charge on any atom is -0.359 e. The van der Waals surface area contributed by atoms with Gasteiger partial charge in [0.2, 0.25) is 5.91 Å². The SMILES string of the molecule is CNC(=O)C1(C)CCN(c2cc(Cl)nc3ncnn23)C1. The van der Waals surface area contributed by atoms with E-state index in [-0.39, 0.29) is 5.91 Å². The Morgan fingerprint density at radius 3 is 3.10 bits per heavy atom. The lowest BCUT2D eigenvalue weighted by Gasteiger charge is -2.23. The van der Waals surface area contributed by atoms with Gasteiger partial charge in [-0.15, -0.1) is 0 Å². The van der Waals surface area contributed by atoms with Crippen molar-refractivity contribution in [2.75, 3.05) is 25.0 Å². The monoisotopic (exact) mass is 294 g/mol. The van der Waals surface area contributed by atoms with Gasteiger partial charge in [0.15, 0.2) is 0 Å². The molecule has 106 valence electrons. The molecule has 1 amide bonds. The lowest BCUT2D eigenvalue weighted by atomic mass is 9.89. The second-order valence-electron chi connectivity index (χ2n) is 5.22. The van der Waals surface area contributed by atoms with Gasteiger partial charge >= 0.3 is 0 Å². The van der Waals surface area contributed by atoms with Gasteiger partial charge in [-0.05, 0) is 13.3 Å². The number of rotatable bonds is 2. The molecule has 1 fully saturated rings. The molecule has 1 unspecified atom stereocenters. The van der Waals surface area contributed by atoms with E-state index >= 15 is 0 Å². The minimum atomic E-state index is -0.405. The molecule has 8 heteroatoms. The minimum absolute atomic E-state index is 0.0509. The van der Waals surface area contributed by atoms with Crippen molar-refractivity contribution in [2.45, 2.75) is 13.3 Å². The molecule has 0 aliphatic carbocycles. The van der Waals surface area contributed by atoms with Gasteiger partial charge in [0.1, 0.15) is 17.3 Å². The average molecular weight is 295 g/mol. The third-order valence-corrected chi connectivity index (χ3v) is 3.97. The molecule has 0 saturated carbocycles. The first kappa shape index (κ1) is 13.1. The maximum atomic E-state index is 12.0. The maximum Gasteiger partial charge on any atom is 0.255 e. The summed E-state index contributed by atoms with van der Waals surface area (Å²) >= 11 is 6.02. The van der Waals surface area contributed by atoms with Crippen molar-refractivity contribution in [1.82, 2.24) is 24.9 Å². The van der Waals surface area contributed by atoms with Crippen molar-refractivity contribution >= 4 is 29.1 Å². The van der Waals surface area contributed by atoms with E-state index in [9.17, 15) is 4.79 Å². The summed E-state index contributed by atoms with van der Waals surface area (Å²) in [6.45, 7) is 3.34. The molecule has 7 nitrogen and oxygen atoms in total. The van der Waals surface area contributed by atoms with Crippen LogP contribution in [0.25, 0.3) is 5.78 Å². The fourth-order valence-electron chi connectivity index (χ4n) is 2.64. The van der Waals surface area contributed by atoms with Crippen LogP contribution in [-0.4, -0.2) is 45.6 Å². The van der Waals surface area contributed by atoms with E-state index in [0.29, 0.717) is 17.5 Å². The smallest absolute Gasteiger partial charge is 0.255 e. The molecule has 2 aromatic heterocycles. The molecule has 1 atom stereocenters. The first-order chi connectivity index (χ1) is 9.53. The third-order valence-electron chi connectivity index (χ3n) is 3.77. The summed E-state index contributed by atoms with van der Waals surface area (Å²) in [5, 5.41) is 7.25. The van der Waals surface area contributed by atoms with E-state index in [1.54, 1.807) is 17.6 Å². The molecule has 1 saturated heterocycles. The van der Waals surface area contributed by atoms with Crippen LogP contribution in [0.15, 0.2) is 12.4 Å². The Bertz CT molecular complexity index is 671. The van der Waals surface area contributed by atoms with Crippen molar-refractivity contribution in [3.05, 3.63) is 17.5 Å². The van der Waals surface area contributed by atoms with Crippen molar-refractivity contribution in [3.8, 4) is 0 Å². The summed E-state index contributed by atoms with van der Waals surface area (Å²) in [4.78, 5) is 22.2. The van der Waals surface area contributed by atoms with E-state index in [2.05, 4.69) is 25.3 Å². The van der Waals surface area contributed by atoms with E-state index < -0.39 is 5.41 Å². The Morgan fingerprint density at radius 1 is 1.55 bits per heavy atom.